The first-order chi connectivity index (χ1) is 9.08. The number of nitrogens with zero attached hydrogens (tertiary/aromatic N) is 3. The number of likely N-dealkylation sites (tertiary alicyclic amines) is 1. The van der Waals surface area contributed by atoms with Crippen LogP contribution in [0.4, 0.5) is 0 Å². The van der Waals surface area contributed by atoms with Gasteiger partial charge in [0.2, 0.25) is 11.8 Å². The summed E-state index contributed by atoms with van der Waals surface area (Å²) in [6, 6.07) is 1.39. The highest BCUT2D eigenvalue weighted by molar-refractivity contribution is 6.00. The fourth-order valence-electron chi connectivity index (χ4n) is 2.07. The van der Waals surface area contributed by atoms with Gasteiger partial charge in [0.25, 0.3) is 0 Å². The molecule has 1 fully saturated rings. The standard InChI is InChI=1S/C12H18N4O3/c1-15-11(18)4-3-10(12(15)19)13-7-9(17)8-16-6-2-5-14-16/h2,5-6,9-10,13,17H,3-4,7-8H2,1H3. The number of hydrogen-bond donors (Lipinski definition) is 2. The molecule has 7 nitrogen and oxygen atoms in total. The van der Waals surface area contributed by atoms with Crippen LogP contribution in [0.25, 0.3) is 0 Å². The molecule has 2 unspecified atom stereocenters. The highest BCUT2D eigenvalue weighted by Crippen LogP contribution is 2.11. The van der Waals surface area contributed by atoms with E-state index < -0.39 is 12.1 Å². The van der Waals surface area contributed by atoms with Crippen molar-refractivity contribution in [2.75, 3.05) is 13.6 Å². The lowest BCUT2D eigenvalue weighted by Gasteiger charge is -2.28. The highest BCUT2D eigenvalue weighted by Gasteiger charge is 2.31. The van der Waals surface area contributed by atoms with E-state index in [2.05, 4.69) is 10.4 Å². The van der Waals surface area contributed by atoms with Crippen LogP contribution in [0.2, 0.25) is 0 Å². The number of carbonyl (C=O) groups is 2. The van der Waals surface area contributed by atoms with Crippen LogP contribution in [0.15, 0.2) is 18.5 Å². The molecule has 2 heterocycles. The Hall–Kier alpha value is -1.73. The van der Waals surface area contributed by atoms with E-state index in [1.165, 1.54) is 7.05 Å². The Kier molecular flexibility index (Phi) is 4.28. The number of aromatic nitrogens is 2. The number of imide groups is 1. The van der Waals surface area contributed by atoms with Crippen molar-refractivity contribution in [3.63, 3.8) is 0 Å². The average molecular weight is 266 g/mol. The molecule has 1 aromatic heterocycles. The Morgan fingerprint density at radius 1 is 1.58 bits per heavy atom. The van der Waals surface area contributed by atoms with E-state index in [1.54, 1.807) is 23.1 Å². The summed E-state index contributed by atoms with van der Waals surface area (Å²) in [5, 5.41) is 16.8. The van der Waals surface area contributed by atoms with Crippen LogP contribution in [0.5, 0.6) is 0 Å². The second-order valence-corrected chi connectivity index (χ2v) is 4.67. The Morgan fingerprint density at radius 2 is 2.37 bits per heavy atom. The van der Waals surface area contributed by atoms with E-state index in [1.807, 2.05) is 0 Å². The van der Waals surface area contributed by atoms with Gasteiger partial charge in [-0.2, -0.15) is 5.10 Å². The molecule has 1 aliphatic heterocycles. The average Bonchev–Trinajstić information content (AvgIpc) is 2.88. The van der Waals surface area contributed by atoms with Crippen LogP contribution >= 0.6 is 0 Å². The lowest BCUT2D eigenvalue weighted by Crippen LogP contribution is -2.52. The molecule has 2 rings (SSSR count). The van der Waals surface area contributed by atoms with Gasteiger partial charge in [-0.3, -0.25) is 19.2 Å². The van der Waals surface area contributed by atoms with Crippen molar-refractivity contribution in [2.45, 2.75) is 31.5 Å². The third-order valence-corrected chi connectivity index (χ3v) is 3.21. The molecule has 1 saturated heterocycles. The van der Waals surface area contributed by atoms with Gasteiger partial charge in [0, 0.05) is 32.4 Å². The van der Waals surface area contributed by atoms with Crippen LogP contribution in [0.3, 0.4) is 0 Å². The summed E-state index contributed by atoms with van der Waals surface area (Å²) in [7, 11) is 1.48. The van der Waals surface area contributed by atoms with Crippen molar-refractivity contribution < 1.29 is 14.7 Å². The number of rotatable bonds is 5. The van der Waals surface area contributed by atoms with Gasteiger partial charge in [0.05, 0.1) is 18.7 Å². The monoisotopic (exact) mass is 266 g/mol. The van der Waals surface area contributed by atoms with Crippen molar-refractivity contribution in [3.8, 4) is 0 Å². The summed E-state index contributed by atoms with van der Waals surface area (Å²) >= 11 is 0. The van der Waals surface area contributed by atoms with Crippen LogP contribution in [-0.2, 0) is 16.1 Å². The van der Waals surface area contributed by atoms with Gasteiger partial charge >= 0.3 is 0 Å². The molecule has 19 heavy (non-hydrogen) atoms. The minimum Gasteiger partial charge on any atom is -0.390 e. The maximum absolute atomic E-state index is 11.8. The fraction of sp³-hybridized carbons (Fsp3) is 0.583. The quantitative estimate of drug-likeness (QED) is 0.666. The molecule has 2 N–H and O–H groups in total. The third-order valence-electron chi connectivity index (χ3n) is 3.21. The molecule has 2 atom stereocenters. The summed E-state index contributed by atoms with van der Waals surface area (Å²) in [4.78, 5) is 24.3. The maximum Gasteiger partial charge on any atom is 0.246 e. The van der Waals surface area contributed by atoms with Gasteiger partial charge in [-0.1, -0.05) is 0 Å². The number of nitrogens with one attached hydrogen (secondary N) is 1. The smallest absolute Gasteiger partial charge is 0.246 e. The van der Waals surface area contributed by atoms with Gasteiger partial charge in [0.1, 0.15) is 0 Å². The molecule has 0 radical (unpaired) electrons. The molecule has 1 aliphatic rings. The molecule has 1 aromatic rings. The second-order valence-electron chi connectivity index (χ2n) is 4.67. The van der Waals surface area contributed by atoms with Crippen LogP contribution in [-0.4, -0.2) is 57.3 Å². The van der Waals surface area contributed by atoms with Crippen LogP contribution in [0, 0.1) is 0 Å². The third kappa shape index (κ3) is 3.39. The van der Waals surface area contributed by atoms with E-state index in [-0.39, 0.29) is 18.4 Å². The van der Waals surface area contributed by atoms with E-state index in [0.29, 0.717) is 19.4 Å². The van der Waals surface area contributed by atoms with Crippen LogP contribution in [0.1, 0.15) is 12.8 Å². The molecular formula is C12H18N4O3. The molecule has 0 aromatic carbocycles. The number of aliphatic hydroxyl groups excluding tert-OH is 1. The number of likely N-dealkylation sites (N-methyl/N-ethyl adjacent to an activating group) is 1. The zero-order valence-electron chi connectivity index (χ0n) is 10.8. The molecule has 2 amide bonds. The van der Waals surface area contributed by atoms with Crippen LogP contribution < -0.4 is 5.32 Å². The number of carbonyl (C=O) groups excluding carboxylic acids is 2. The lowest BCUT2D eigenvalue weighted by molar-refractivity contribution is -0.148. The molecule has 0 bridgehead atoms. The molecule has 104 valence electrons. The topological polar surface area (TPSA) is 87.5 Å². The van der Waals surface area contributed by atoms with Gasteiger partial charge in [-0.25, -0.2) is 0 Å². The zero-order valence-corrected chi connectivity index (χ0v) is 10.8. The Morgan fingerprint density at radius 3 is 3.05 bits per heavy atom. The maximum atomic E-state index is 11.8. The number of aliphatic hydroxyl groups is 1. The lowest BCUT2D eigenvalue weighted by atomic mass is 10.0. The summed E-state index contributed by atoms with van der Waals surface area (Å²) in [5.74, 6) is -0.386. The van der Waals surface area contributed by atoms with Gasteiger partial charge < -0.3 is 10.4 Å². The predicted molar refractivity (Wildman–Crippen MR) is 67.0 cm³/mol. The molecule has 0 saturated carbocycles. The van der Waals surface area contributed by atoms with E-state index in [4.69, 9.17) is 0 Å². The molecule has 7 heteroatoms. The number of amides is 2. The molecular weight excluding hydrogens is 248 g/mol. The first kappa shape index (κ1) is 13.7. The first-order valence-electron chi connectivity index (χ1n) is 6.27. The summed E-state index contributed by atoms with van der Waals surface area (Å²) < 4.78 is 1.63. The predicted octanol–water partition coefficient (Wildman–Crippen LogP) is -1.02. The van der Waals surface area contributed by atoms with Gasteiger partial charge in [0.15, 0.2) is 0 Å². The summed E-state index contributed by atoms with van der Waals surface area (Å²) in [6.45, 7) is 0.661. The van der Waals surface area contributed by atoms with Crippen molar-refractivity contribution in [1.82, 2.24) is 20.0 Å². The van der Waals surface area contributed by atoms with Crippen molar-refractivity contribution in [1.29, 1.82) is 0 Å². The van der Waals surface area contributed by atoms with E-state index >= 15 is 0 Å². The van der Waals surface area contributed by atoms with E-state index in [0.717, 1.165) is 4.90 Å². The molecule has 0 spiro atoms. The summed E-state index contributed by atoms with van der Waals surface area (Å²) in [5.41, 5.74) is 0. The minimum absolute atomic E-state index is 0.153. The first-order valence-corrected chi connectivity index (χ1v) is 6.27. The van der Waals surface area contributed by atoms with E-state index in [9.17, 15) is 14.7 Å². The Labute approximate surface area is 111 Å². The number of hydrogen-bond acceptors (Lipinski definition) is 5. The molecule has 0 aliphatic carbocycles. The van der Waals surface area contributed by atoms with Gasteiger partial charge in [-0.05, 0) is 12.5 Å². The van der Waals surface area contributed by atoms with Gasteiger partial charge in [-0.15, -0.1) is 0 Å². The highest BCUT2D eigenvalue weighted by atomic mass is 16.3. The fourth-order valence-corrected chi connectivity index (χ4v) is 2.07. The van der Waals surface area contributed by atoms with Crippen molar-refractivity contribution in [2.24, 2.45) is 0 Å². The van der Waals surface area contributed by atoms with Crippen molar-refractivity contribution in [3.05, 3.63) is 18.5 Å². The Balaban J connectivity index is 1.79. The summed E-state index contributed by atoms with van der Waals surface area (Å²) in [6.07, 6.45) is 3.62. The normalized spacial score (nSPS) is 21.8. The SMILES string of the molecule is CN1C(=O)CCC(NCC(O)Cn2cccn2)C1=O. The largest absolute Gasteiger partial charge is 0.390 e. The minimum atomic E-state index is -0.629. The zero-order chi connectivity index (χ0) is 13.8. The second kappa shape index (κ2) is 5.94. The van der Waals surface area contributed by atoms with Crippen molar-refractivity contribution >= 4 is 11.8 Å². The number of piperidine rings is 1. The Bertz CT molecular complexity index is 446.